The summed E-state index contributed by atoms with van der Waals surface area (Å²) in [5, 5.41) is 12.0. The van der Waals surface area contributed by atoms with Crippen molar-refractivity contribution >= 4 is 29.7 Å². The molecular formula is C24H27NO4S. The molecular weight excluding hydrogens is 398 g/mol. The van der Waals surface area contributed by atoms with Crippen molar-refractivity contribution in [3.63, 3.8) is 0 Å². The highest BCUT2D eigenvalue weighted by molar-refractivity contribution is 7.98. The van der Waals surface area contributed by atoms with Gasteiger partial charge in [0.2, 0.25) is 5.91 Å². The SMILES string of the molecule is CSc1ccccc1Oc1ccc(/C=C(/NC(=O)CCC2CCCC2)C(=O)O)cc1. The van der Waals surface area contributed by atoms with Gasteiger partial charge in [0.15, 0.2) is 0 Å². The zero-order valence-electron chi connectivity index (χ0n) is 17.1. The largest absolute Gasteiger partial charge is 0.477 e. The van der Waals surface area contributed by atoms with Crippen LogP contribution < -0.4 is 10.1 Å². The number of benzene rings is 2. The Kier molecular flexibility index (Phi) is 7.97. The van der Waals surface area contributed by atoms with Gasteiger partial charge in [0.05, 0.1) is 0 Å². The number of para-hydroxylation sites is 1. The van der Waals surface area contributed by atoms with E-state index in [2.05, 4.69) is 5.32 Å². The van der Waals surface area contributed by atoms with Crippen LogP contribution >= 0.6 is 11.8 Å². The monoisotopic (exact) mass is 425 g/mol. The number of nitrogens with one attached hydrogen (secondary N) is 1. The number of amides is 1. The highest BCUT2D eigenvalue weighted by atomic mass is 32.2. The minimum atomic E-state index is -1.15. The molecule has 158 valence electrons. The van der Waals surface area contributed by atoms with Crippen LogP contribution in [0.1, 0.15) is 44.1 Å². The molecule has 6 heteroatoms. The molecule has 2 aromatic carbocycles. The molecule has 2 aromatic rings. The van der Waals surface area contributed by atoms with Crippen LogP contribution in [0.15, 0.2) is 59.1 Å². The maximum absolute atomic E-state index is 12.2. The van der Waals surface area contributed by atoms with Gasteiger partial charge in [-0.15, -0.1) is 11.8 Å². The first-order valence-electron chi connectivity index (χ1n) is 10.2. The van der Waals surface area contributed by atoms with Crippen molar-refractivity contribution in [2.24, 2.45) is 5.92 Å². The van der Waals surface area contributed by atoms with Crippen molar-refractivity contribution in [2.45, 2.75) is 43.4 Å². The van der Waals surface area contributed by atoms with Gasteiger partial charge in [-0.3, -0.25) is 4.79 Å². The molecule has 0 bridgehead atoms. The number of carboxylic acids is 1. The maximum Gasteiger partial charge on any atom is 0.352 e. The van der Waals surface area contributed by atoms with E-state index >= 15 is 0 Å². The number of carbonyl (C=O) groups is 2. The molecule has 0 radical (unpaired) electrons. The average Bonchev–Trinajstić information content (AvgIpc) is 3.27. The van der Waals surface area contributed by atoms with Gasteiger partial charge in [0, 0.05) is 11.3 Å². The van der Waals surface area contributed by atoms with Crippen molar-refractivity contribution in [1.29, 1.82) is 0 Å². The molecule has 2 N–H and O–H groups in total. The third-order valence-electron chi connectivity index (χ3n) is 5.25. The highest BCUT2D eigenvalue weighted by Crippen LogP contribution is 2.31. The van der Waals surface area contributed by atoms with Crippen LogP contribution in [-0.2, 0) is 9.59 Å². The molecule has 0 atom stereocenters. The van der Waals surface area contributed by atoms with Crippen molar-refractivity contribution in [3.8, 4) is 11.5 Å². The quantitative estimate of drug-likeness (QED) is 0.397. The summed E-state index contributed by atoms with van der Waals surface area (Å²) in [6, 6.07) is 14.9. The topological polar surface area (TPSA) is 75.6 Å². The van der Waals surface area contributed by atoms with Crippen molar-refractivity contribution in [1.82, 2.24) is 5.32 Å². The Labute approximate surface area is 181 Å². The second-order valence-corrected chi connectivity index (χ2v) is 8.27. The normalized spacial score (nSPS) is 14.5. The Balaban J connectivity index is 1.62. The number of ether oxygens (including phenoxy) is 1. The van der Waals surface area contributed by atoms with E-state index in [0.717, 1.165) is 17.1 Å². The van der Waals surface area contributed by atoms with E-state index in [1.54, 1.807) is 36.0 Å². The van der Waals surface area contributed by atoms with Gasteiger partial charge in [-0.25, -0.2) is 4.79 Å². The molecule has 1 aliphatic carbocycles. The molecule has 1 fully saturated rings. The predicted octanol–water partition coefficient (Wildman–Crippen LogP) is 5.71. The summed E-state index contributed by atoms with van der Waals surface area (Å²) >= 11 is 1.61. The lowest BCUT2D eigenvalue weighted by atomic mass is 10.0. The molecule has 30 heavy (non-hydrogen) atoms. The smallest absolute Gasteiger partial charge is 0.352 e. The fourth-order valence-corrected chi connectivity index (χ4v) is 4.15. The lowest BCUT2D eigenvalue weighted by molar-refractivity contribution is -0.134. The number of hydrogen-bond acceptors (Lipinski definition) is 4. The predicted molar refractivity (Wildman–Crippen MR) is 120 cm³/mol. The molecule has 0 saturated heterocycles. The summed E-state index contributed by atoms with van der Waals surface area (Å²) < 4.78 is 5.93. The second-order valence-electron chi connectivity index (χ2n) is 7.42. The summed E-state index contributed by atoms with van der Waals surface area (Å²) in [5.74, 6) is 0.625. The van der Waals surface area contributed by atoms with E-state index < -0.39 is 5.97 Å². The van der Waals surface area contributed by atoms with Gasteiger partial charge < -0.3 is 15.2 Å². The Hall–Kier alpha value is -2.73. The Bertz CT molecular complexity index is 902. The lowest BCUT2D eigenvalue weighted by Crippen LogP contribution is -2.27. The Morgan fingerprint density at radius 1 is 1.13 bits per heavy atom. The van der Waals surface area contributed by atoms with Gasteiger partial charge in [0.1, 0.15) is 17.2 Å². The molecule has 3 rings (SSSR count). The third-order valence-corrected chi connectivity index (χ3v) is 6.02. The van der Waals surface area contributed by atoms with Gasteiger partial charge in [-0.05, 0) is 54.5 Å². The highest BCUT2D eigenvalue weighted by Gasteiger charge is 2.17. The number of hydrogen-bond donors (Lipinski definition) is 2. The molecule has 1 amide bonds. The molecule has 0 heterocycles. The second kappa shape index (κ2) is 10.9. The maximum atomic E-state index is 12.2. The first-order valence-corrected chi connectivity index (χ1v) is 11.4. The van der Waals surface area contributed by atoms with Crippen LogP contribution in [0.5, 0.6) is 11.5 Å². The fraction of sp³-hybridized carbons (Fsp3) is 0.333. The van der Waals surface area contributed by atoms with Crippen LogP contribution in [-0.4, -0.2) is 23.2 Å². The first kappa shape index (κ1) is 22.0. The molecule has 1 aliphatic rings. The standard InChI is InChI=1S/C24H27NO4S/c1-30-22-9-5-4-8-21(22)29-19-13-10-18(11-14-19)16-20(24(27)28)25-23(26)15-12-17-6-2-3-7-17/h4-5,8-11,13-14,16-17H,2-3,6-7,12,15H2,1H3,(H,25,26)(H,27,28)/b20-16+. The van der Waals surface area contributed by atoms with Crippen molar-refractivity contribution < 1.29 is 19.4 Å². The van der Waals surface area contributed by atoms with Gasteiger partial charge >= 0.3 is 5.97 Å². The fourth-order valence-electron chi connectivity index (χ4n) is 3.63. The Morgan fingerprint density at radius 3 is 2.50 bits per heavy atom. The van der Waals surface area contributed by atoms with Crippen LogP contribution in [0.2, 0.25) is 0 Å². The molecule has 0 aliphatic heterocycles. The van der Waals surface area contributed by atoms with Crippen molar-refractivity contribution in [3.05, 3.63) is 59.8 Å². The number of rotatable bonds is 9. The van der Waals surface area contributed by atoms with E-state index in [4.69, 9.17) is 4.74 Å². The molecule has 0 unspecified atom stereocenters. The summed E-state index contributed by atoms with van der Waals surface area (Å²) in [4.78, 5) is 24.8. The summed E-state index contributed by atoms with van der Waals surface area (Å²) in [5.41, 5.74) is 0.557. The minimum absolute atomic E-state index is 0.118. The van der Waals surface area contributed by atoms with Crippen LogP contribution in [0.4, 0.5) is 0 Å². The molecule has 0 aromatic heterocycles. The molecule has 1 saturated carbocycles. The Morgan fingerprint density at radius 2 is 1.83 bits per heavy atom. The van der Waals surface area contributed by atoms with Gasteiger partial charge in [-0.2, -0.15) is 0 Å². The van der Waals surface area contributed by atoms with E-state index in [-0.39, 0.29) is 11.6 Å². The number of carboxylic acid groups (broad SMARTS) is 1. The number of aliphatic carboxylic acids is 1. The molecule has 0 spiro atoms. The average molecular weight is 426 g/mol. The van der Waals surface area contributed by atoms with E-state index in [0.29, 0.717) is 23.7 Å². The molecule has 5 nitrogen and oxygen atoms in total. The number of carbonyl (C=O) groups excluding carboxylic acids is 1. The number of thioether (sulfide) groups is 1. The summed E-state index contributed by atoms with van der Waals surface area (Å²) in [7, 11) is 0. The van der Waals surface area contributed by atoms with Crippen molar-refractivity contribution in [2.75, 3.05) is 6.26 Å². The zero-order chi connectivity index (χ0) is 21.3. The van der Waals surface area contributed by atoms with Crippen LogP contribution in [0.3, 0.4) is 0 Å². The minimum Gasteiger partial charge on any atom is -0.477 e. The van der Waals surface area contributed by atoms with E-state index in [1.165, 1.54) is 31.8 Å². The van der Waals surface area contributed by atoms with E-state index in [1.807, 2.05) is 30.5 Å². The van der Waals surface area contributed by atoms with E-state index in [9.17, 15) is 14.7 Å². The third kappa shape index (κ3) is 6.39. The lowest BCUT2D eigenvalue weighted by Gasteiger charge is -2.10. The first-order chi connectivity index (χ1) is 14.5. The van der Waals surface area contributed by atoms with Crippen LogP contribution in [0.25, 0.3) is 6.08 Å². The van der Waals surface area contributed by atoms with Gasteiger partial charge in [0.25, 0.3) is 0 Å². The van der Waals surface area contributed by atoms with Crippen LogP contribution in [0, 0.1) is 5.92 Å². The summed E-state index contributed by atoms with van der Waals surface area (Å²) in [6.45, 7) is 0. The van der Waals surface area contributed by atoms with Gasteiger partial charge in [-0.1, -0.05) is 49.9 Å². The zero-order valence-corrected chi connectivity index (χ0v) is 17.9. The summed E-state index contributed by atoms with van der Waals surface area (Å²) in [6.07, 6.45) is 9.44.